The first-order valence-corrected chi connectivity index (χ1v) is 7.31. The maximum atomic E-state index is 3.75. The maximum absolute atomic E-state index is 3.75. The Morgan fingerprint density at radius 2 is 2.19 bits per heavy atom. The molecule has 1 nitrogen and oxygen atoms in total. The first-order chi connectivity index (χ1) is 7.70. The van der Waals surface area contributed by atoms with E-state index in [0.29, 0.717) is 0 Å². The molecular weight excluding hydrogens is 214 g/mol. The van der Waals surface area contributed by atoms with Crippen LogP contribution >= 0.6 is 11.3 Å². The van der Waals surface area contributed by atoms with Crippen molar-refractivity contribution in [2.24, 2.45) is 5.92 Å². The van der Waals surface area contributed by atoms with Crippen LogP contribution in [0.1, 0.15) is 47.9 Å². The van der Waals surface area contributed by atoms with E-state index >= 15 is 0 Å². The minimum atomic E-state index is 0.771. The molecule has 0 aromatic carbocycles. The van der Waals surface area contributed by atoms with E-state index in [2.05, 4.69) is 32.2 Å². The summed E-state index contributed by atoms with van der Waals surface area (Å²) in [6.07, 6.45) is 5.53. The predicted octanol–water partition coefficient (Wildman–Crippen LogP) is 4.03. The van der Waals surface area contributed by atoms with Crippen LogP contribution in [0, 0.1) is 19.8 Å². The zero-order chi connectivity index (χ0) is 11.5. The summed E-state index contributed by atoms with van der Waals surface area (Å²) in [5.74, 6) is 0.974. The second kappa shape index (κ2) is 5.33. The van der Waals surface area contributed by atoms with Gasteiger partial charge in [0.15, 0.2) is 0 Å². The summed E-state index contributed by atoms with van der Waals surface area (Å²) in [4.78, 5) is 2.96. The van der Waals surface area contributed by atoms with Gasteiger partial charge in [0.25, 0.3) is 0 Å². The second-order valence-corrected chi connectivity index (χ2v) is 6.41. The van der Waals surface area contributed by atoms with Gasteiger partial charge < -0.3 is 5.32 Å². The highest BCUT2D eigenvalue weighted by Gasteiger charge is 2.29. The molecule has 0 saturated heterocycles. The number of hydrogen-bond acceptors (Lipinski definition) is 2. The summed E-state index contributed by atoms with van der Waals surface area (Å²) in [6.45, 7) is 7.78. The van der Waals surface area contributed by atoms with Gasteiger partial charge in [0.1, 0.15) is 0 Å². The Morgan fingerprint density at radius 3 is 2.69 bits per heavy atom. The molecule has 0 amide bonds. The summed E-state index contributed by atoms with van der Waals surface area (Å²) in [6, 6.07) is 3.11. The Hall–Kier alpha value is -0.340. The van der Waals surface area contributed by atoms with Crippen LogP contribution in [0.4, 0.5) is 0 Å². The van der Waals surface area contributed by atoms with Crippen LogP contribution in [0.15, 0.2) is 6.07 Å². The minimum absolute atomic E-state index is 0.771. The number of hydrogen-bond donors (Lipinski definition) is 1. The fraction of sp³-hybridized carbons (Fsp3) is 0.714. The monoisotopic (exact) mass is 237 g/mol. The highest BCUT2D eigenvalue weighted by Crippen LogP contribution is 2.34. The van der Waals surface area contributed by atoms with Gasteiger partial charge in [0.2, 0.25) is 0 Å². The van der Waals surface area contributed by atoms with Crippen molar-refractivity contribution in [2.45, 2.75) is 59.0 Å². The summed E-state index contributed by atoms with van der Waals surface area (Å²) in [5.41, 5.74) is 1.44. The van der Waals surface area contributed by atoms with Gasteiger partial charge in [-0.25, -0.2) is 0 Å². The molecule has 0 bridgehead atoms. The van der Waals surface area contributed by atoms with Gasteiger partial charge in [-0.2, -0.15) is 0 Å². The van der Waals surface area contributed by atoms with Gasteiger partial charge in [-0.15, -0.1) is 11.3 Å². The summed E-state index contributed by atoms with van der Waals surface area (Å²) in [5, 5.41) is 3.75. The average molecular weight is 237 g/mol. The van der Waals surface area contributed by atoms with E-state index in [1.54, 1.807) is 0 Å². The number of aryl methyl sites for hydroxylation is 2. The molecular formula is C14H23NS. The first kappa shape index (κ1) is 12.1. The highest BCUT2D eigenvalue weighted by atomic mass is 32.1. The standard InChI is InChI=1S/C14H23NS/c1-4-5-14(12-6-7-12)15-9-13-8-10(2)11(3)16-13/h8,12,14-15H,4-7,9H2,1-3H3. The molecule has 1 fully saturated rings. The number of nitrogens with one attached hydrogen (secondary N) is 1. The predicted molar refractivity (Wildman–Crippen MR) is 72.1 cm³/mol. The molecule has 1 aromatic rings. The molecule has 1 unspecified atom stereocenters. The van der Waals surface area contributed by atoms with Crippen LogP contribution < -0.4 is 5.32 Å². The van der Waals surface area contributed by atoms with E-state index in [1.807, 2.05) is 11.3 Å². The van der Waals surface area contributed by atoms with Crippen LogP contribution in [-0.2, 0) is 6.54 Å². The zero-order valence-electron chi connectivity index (χ0n) is 10.7. The van der Waals surface area contributed by atoms with Crippen molar-refractivity contribution >= 4 is 11.3 Å². The first-order valence-electron chi connectivity index (χ1n) is 6.50. The second-order valence-electron chi connectivity index (χ2n) is 5.07. The minimum Gasteiger partial charge on any atom is -0.309 e. The summed E-state index contributed by atoms with van der Waals surface area (Å²) < 4.78 is 0. The quantitative estimate of drug-likeness (QED) is 0.787. The van der Waals surface area contributed by atoms with Crippen molar-refractivity contribution in [2.75, 3.05) is 0 Å². The average Bonchev–Trinajstić information content (AvgIpc) is 3.02. The number of thiophene rings is 1. The van der Waals surface area contributed by atoms with Crippen LogP contribution in [0.25, 0.3) is 0 Å². The lowest BCUT2D eigenvalue weighted by molar-refractivity contribution is 0.431. The fourth-order valence-corrected chi connectivity index (χ4v) is 3.29. The molecule has 1 N–H and O–H groups in total. The van der Waals surface area contributed by atoms with Gasteiger partial charge >= 0.3 is 0 Å². The lowest BCUT2D eigenvalue weighted by atomic mass is 10.1. The van der Waals surface area contributed by atoms with Crippen LogP contribution in [0.3, 0.4) is 0 Å². The molecule has 1 atom stereocenters. The zero-order valence-corrected chi connectivity index (χ0v) is 11.5. The molecule has 0 spiro atoms. The summed E-state index contributed by atoms with van der Waals surface area (Å²) >= 11 is 1.94. The molecule has 2 rings (SSSR count). The lowest BCUT2D eigenvalue weighted by Gasteiger charge is -2.16. The van der Waals surface area contributed by atoms with Crippen LogP contribution in [-0.4, -0.2) is 6.04 Å². The number of rotatable bonds is 6. The molecule has 0 radical (unpaired) electrons. The Labute approximate surface area is 103 Å². The molecule has 2 heteroatoms. The molecule has 16 heavy (non-hydrogen) atoms. The van der Waals surface area contributed by atoms with E-state index in [4.69, 9.17) is 0 Å². The maximum Gasteiger partial charge on any atom is 0.0302 e. The Bertz CT molecular complexity index is 319. The van der Waals surface area contributed by atoms with Gasteiger partial charge in [-0.05, 0) is 50.7 Å². The van der Waals surface area contributed by atoms with Gasteiger partial charge in [-0.3, -0.25) is 0 Å². The molecule has 1 saturated carbocycles. The van der Waals surface area contributed by atoms with E-state index in [0.717, 1.165) is 18.5 Å². The van der Waals surface area contributed by atoms with E-state index in [9.17, 15) is 0 Å². The molecule has 90 valence electrons. The topological polar surface area (TPSA) is 12.0 Å². The molecule has 1 heterocycles. The van der Waals surface area contributed by atoms with Crippen molar-refractivity contribution < 1.29 is 0 Å². The third kappa shape index (κ3) is 3.08. The molecule has 1 aliphatic carbocycles. The van der Waals surface area contributed by atoms with Crippen molar-refractivity contribution in [1.82, 2.24) is 5.32 Å². The highest BCUT2D eigenvalue weighted by molar-refractivity contribution is 7.12. The smallest absolute Gasteiger partial charge is 0.0302 e. The lowest BCUT2D eigenvalue weighted by Crippen LogP contribution is -2.30. The van der Waals surface area contributed by atoms with Crippen LogP contribution in [0.2, 0.25) is 0 Å². The summed E-state index contributed by atoms with van der Waals surface area (Å²) in [7, 11) is 0. The molecule has 1 aliphatic rings. The Kier molecular flexibility index (Phi) is 4.04. The van der Waals surface area contributed by atoms with Crippen molar-refractivity contribution in [3.8, 4) is 0 Å². The van der Waals surface area contributed by atoms with Crippen molar-refractivity contribution in [3.63, 3.8) is 0 Å². The van der Waals surface area contributed by atoms with Crippen molar-refractivity contribution in [3.05, 3.63) is 21.4 Å². The third-order valence-electron chi connectivity index (χ3n) is 3.55. The fourth-order valence-electron chi connectivity index (χ4n) is 2.28. The third-order valence-corrected chi connectivity index (χ3v) is 4.70. The van der Waals surface area contributed by atoms with E-state index in [-0.39, 0.29) is 0 Å². The van der Waals surface area contributed by atoms with Crippen molar-refractivity contribution in [1.29, 1.82) is 0 Å². The largest absolute Gasteiger partial charge is 0.309 e. The van der Waals surface area contributed by atoms with Gasteiger partial charge in [0.05, 0.1) is 0 Å². The molecule has 0 aliphatic heterocycles. The van der Waals surface area contributed by atoms with Gasteiger partial charge in [0, 0.05) is 22.3 Å². The molecule has 1 aromatic heterocycles. The Balaban J connectivity index is 1.84. The normalized spacial score (nSPS) is 17.7. The van der Waals surface area contributed by atoms with Gasteiger partial charge in [-0.1, -0.05) is 13.3 Å². The van der Waals surface area contributed by atoms with E-state index in [1.165, 1.54) is 41.0 Å². The SMILES string of the molecule is CCCC(NCc1cc(C)c(C)s1)C1CC1. The van der Waals surface area contributed by atoms with Crippen LogP contribution in [0.5, 0.6) is 0 Å². The Morgan fingerprint density at radius 1 is 1.44 bits per heavy atom. The van der Waals surface area contributed by atoms with E-state index < -0.39 is 0 Å².